The summed E-state index contributed by atoms with van der Waals surface area (Å²) in [5, 5.41) is 0. The summed E-state index contributed by atoms with van der Waals surface area (Å²) < 4.78 is 60.7. The molecule has 3 heterocycles. The molecule has 0 bridgehead atoms. The number of fused-ring (bicyclic) bond motifs is 1. The maximum Gasteiger partial charge on any atom is 0.211 e. The maximum absolute atomic E-state index is 15.3. The summed E-state index contributed by atoms with van der Waals surface area (Å²) in [7, 11) is -1.81. The molecular weight excluding hydrogens is 512 g/mol. The third kappa shape index (κ3) is 6.10. The number of hydrogen-bond donors (Lipinski definition) is 0. The average molecular weight is 546 g/mol. The second kappa shape index (κ2) is 10.5. The molecular formula is C27H33F2N5O3S. The number of sulfonamides is 1. The van der Waals surface area contributed by atoms with E-state index in [2.05, 4.69) is 33.7 Å². The number of aromatic nitrogens is 3. The van der Waals surface area contributed by atoms with Gasteiger partial charge in [-0.25, -0.2) is 31.5 Å². The first-order valence-electron chi connectivity index (χ1n) is 12.4. The van der Waals surface area contributed by atoms with E-state index in [-0.39, 0.29) is 30.5 Å². The lowest BCUT2D eigenvalue weighted by Gasteiger charge is -2.44. The minimum Gasteiger partial charge on any atom is -0.481 e. The Hall–Kier alpha value is -3.18. The summed E-state index contributed by atoms with van der Waals surface area (Å²) >= 11 is 0. The summed E-state index contributed by atoms with van der Waals surface area (Å²) in [4.78, 5) is 15.0. The molecule has 38 heavy (non-hydrogen) atoms. The fourth-order valence-corrected chi connectivity index (χ4v) is 4.71. The van der Waals surface area contributed by atoms with Crippen LogP contribution >= 0.6 is 0 Å². The van der Waals surface area contributed by atoms with Crippen molar-refractivity contribution in [3.63, 3.8) is 0 Å². The van der Waals surface area contributed by atoms with Crippen molar-refractivity contribution in [2.24, 2.45) is 0 Å². The highest BCUT2D eigenvalue weighted by Crippen LogP contribution is 2.43. The Bertz CT molecular complexity index is 1430. The highest BCUT2D eigenvalue weighted by atomic mass is 32.2. The fourth-order valence-electron chi connectivity index (χ4n) is 4.33. The summed E-state index contributed by atoms with van der Waals surface area (Å²) in [6.45, 7) is 8.72. The number of pyridine rings is 1. The Balaban J connectivity index is 1.63. The highest BCUT2D eigenvalue weighted by Gasteiger charge is 2.36. The van der Waals surface area contributed by atoms with Crippen LogP contribution in [0.1, 0.15) is 51.2 Å². The molecule has 3 aromatic rings. The van der Waals surface area contributed by atoms with Crippen LogP contribution in [0, 0.1) is 11.6 Å². The number of hydrogen-bond acceptors (Lipinski definition) is 7. The molecule has 4 rings (SSSR count). The summed E-state index contributed by atoms with van der Waals surface area (Å²) in [5.41, 5.74) is 1.65. The van der Waals surface area contributed by atoms with E-state index in [1.54, 1.807) is 24.4 Å². The standard InChI is InChI=1S/C27H33F2N5O3S/c1-7-17(2)34-16-27(3,4)37-26-21(28)10-19(11-23(26)34)25-22(29)14-31-24(32-25)12-20-9-8-18(13-30-20)15-33(5)38(6,35)36/h8-11,13-14,17H,7,12,15-16H2,1-6H3. The second-order valence-electron chi connectivity index (χ2n) is 10.4. The fraction of sp³-hybridized carbons (Fsp3) is 0.444. The van der Waals surface area contributed by atoms with Gasteiger partial charge >= 0.3 is 0 Å². The van der Waals surface area contributed by atoms with Gasteiger partial charge in [0.25, 0.3) is 0 Å². The Labute approximate surface area is 222 Å². The van der Waals surface area contributed by atoms with Crippen molar-refractivity contribution >= 4 is 15.7 Å². The van der Waals surface area contributed by atoms with Crippen LogP contribution in [-0.2, 0) is 23.0 Å². The van der Waals surface area contributed by atoms with Crippen molar-refractivity contribution in [2.75, 3.05) is 24.7 Å². The Morgan fingerprint density at radius 3 is 2.53 bits per heavy atom. The van der Waals surface area contributed by atoms with Crippen molar-refractivity contribution in [1.82, 2.24) is 19.3 Å². The second-order valence-corrected chi connectivity index (χ2v) is 12.5. The molecule has 0 fully saturated rings. The quantitative estimate of drug-likeness (QED) is 0.410. The molecule has 11 heteroatoms. The van der Waals surface area contributed by atoms with Gasteiger partial charge in [0.15, 0.2) is 17.4 Å². The van der Waals surface area contributed by atoms with Crippen molar-refractivity contribution in [3.05, 3.63) is 65.4 Å². The first-order valence-corrected chi connectivity index (χ1v) is 14.3. The predicted molar refractivity (Wildman–Crippen MR) is 143 cm³/mol. The lowest BCUT2D eigenvalue weighted by Crippen LogP contribution is -2.50. The molecule has 1 aliphatic heterocycles. The highest BCUT2D eigenvalue weighted by molar-refractivity contribution is 7.88. The van der Waals surface area contributed by atoms with Crippen molar-refractivity contribution in [2.45, 2.75) is 58.7 Å². The van der Waals surface area contributed by atoms with Crippen LogP contribution in [-0.4, -0.2) is 59.2 Å². The number of anilines is 1. The van der Waals surface area contributed by atoms with Gasteiger partial charge in [-0.2, -0.15) is 0 Å². The monoisotopic (exact) mass is 545 g/mol. The lowest BCUT2D eigenvalue weighted by atomic mass is 10.00. The van der Waals surface area contributed by atoms with Crippen LogP contribution in [0.4, 0.5) is 14.5 Å². The van der Waals surface area contributed by atoms with E-state index in [4.69, 9.17) is 4.74 Å². The summed E-state index contributed by atoms with van der Waals surface area (Å²) in [5.74, 6) is -0.753. The van der Waals surface area contributed by atoms with E-state index < -0.39 is 27.3 Å². The van der Waals surface area contributed by atoms with E-state index in [0.29, 0.717) is 29.3 Å². The minimum absolute atomic E-state index is 0.00275. The molecule has 0 aliphatic carbocycles. The van der Waals surface area contributed by atoms with Gasteiger partial charge in [-0.05, 0) is 51.0 Å². The number of ether oxygens (including phenoxy) is 1. The molecule has 204 valence electrons. The van der Waals surface area contributed by atoms with Crippen molar-refractivity contribution in [1.29, 1.82) is 0 Å². The molecule has 1 atom stereocenters. The van der Waals surface area contributed by atoms with E-state index in [1.165, 1.54) is 17.4 Å². The zero-order valence-electron chi connectivity index (χ0n) is 22.5. The third-order valence-corrected chi connectivity index (χ3v) is 7.91. The lowest BCUT2D eigenvalue weighted by molar-refractivity contribution is 0.0960. The van der Waals surface area contributed by atoms with Crippen LogP contribution in [0.5, 0.6) is 5.75 Å². The number of benzene rings is 1. The summed E-state index contributed by atoms with van der Waals surface area (Å²) in [6.07, 6.45) is 4.88. The number of halogens is 2. The predicted octanol–water partition coefficient (Wildman–Crippen LogP) is 4.57. The van der Waals surface area contributed by atoms with Gasteiger partial charge in [0, 0.05) is 37.1 Å². The first kappa shape index (κ1) is 27.8. The van der Waals surface area contributed by atoms with Gasteiger partial charge < -0.3 is 9.64 Å². The van der Waals surface area contributed by atoms with E-state index in [9.17, 15) is 12.8 Å². The molecule has 0 spiro atoms. The maximum atomic E-state index is 15.3. The molecule has 1 aliphatic rings. The van der Waals surface area contributed by atoms with Crippen molar-refractivity contribution < 1.29 is 21.9 Å². The normalized spacial score (nSPS) is 15.8. The van der Waals surface area contributed by atoms with E-state index in [1.807, 2.05) is 13.8 Å². The van der Waals surface area contributed by atoms with Crippen LogP contribution < -0.4 is 9.64 Å². The average Bonchev–Trinajstić information content (AvgIpc) is 2.85. The van der Waals surface area contributed by atoms with Gasteiger partial charge in [0.05, 0.1) is 31.1 Å². The van der Waals surface area contributed by atoms with Crippen molar-refractivity contribution in [3.8, 4) is 17.0 Å². The Kier molecular flexibility index (Phi) is 7.72. The van der Waals surface area contributed by atoms with Gasteiger partial charge in [0.1, 0.15) is 17.1 Å². The van der Waals surface area contributed by atoms with Gasteiger partial charge in [-0.1, -0.05) is 13.0 Å². The van der Waals surface area contributed by atoms with Crippen LogP contribution in [0.3, 0.4) is 0 Å². The zero-order chi connectivity index (χ0) is 27.8. The van der Waals surface area contributed by atoms with Gasteiger partial charge in [-0.3, -0.25) is 4.98 Å². The van der Waals surface area contributed by atoms with Crippen LogP contribution in [0.15, 0.2) is 36.7 Å². The van der Waals surface area contributed by atoms with E-state index in [0.717, 1.165) is 24.4 Å². The molecule has 0 amide bonds. The van der Waals surface area contributed by atoms with Crippen LogP contribution in [0.25, 0.3) is 11.3 Å². The topological polar surface area (TPSA) is 88.5 Å². The van der Waals surface area contributed by atoms with Gasteiger partial charge in [-0.15, -0.1) is 0 Å². The SMILES string of the molecule is CCC(C)N1CC(C)(C)Oc2c(F)cc(-c3nc(Cc4ccc(CN(C)S(C)(=O)=O)cn4)ncc3F)cc21. The van der Waals surface area contributed by atoms with Crippen LogP contribution in [0.2, 0.25) is 0 Å². The molecule has 1 aromatic carbocycles. The third-order valence-electron chi connectivity index (χ3n) is 6.65. The smallest absolute Gasteiger partial charge is 0.211 e. The molecule has 8 nitrogen and oxygen atoms in total. The molecule has 0 radical (unpaired) electrons. The zero-order valence-corrected chi connectivity index (χ0v) is 23.3. The number of nitrogens with zero attached hydrogens (tertiary/aromatic N) is 5. The molecule has 0 saturated heterocycles. The van der Waals surface area contributed by atoms with E-state index >= 15 is 4.39 Å². The summed E-state index contributed by atoms with van der Waals surface area (Å²) in [6, 6.07) is 6.62. The largest absolute Gasteiger partial charge is 0.481 e. The minimum atomic E-state index is -3.31. The molecule has 1 unspecified atom stereocenters. The molecule has 0 saturated carbocycles. The van der Waals surface area contributed by atoms with Gasteiger partial charge in [0.2, 0.25) is 10.0 Å². The first-order chi connectivity index (χ1) is 17.8. The Morgan fingerprint density at radius 2 is 1.89 bits per heavy atom. The Morgan fingerprint density at radius 1 is 1.16 bits per heavy atom. The molecule has 2 aromatic heterocycles. The number of rotatable bonds is 8. The molecule has 0 N–H and O–H groups in total.